The van der Waals surface area contributed by atoms with Crippen molar-refractivity contribution in [3.05, 3.63) is 47.4 Å². The van der Waals surface area contributed by atoms with E-state index in [9.17, 15) is 0 Å². The van der Waals surface area contributed by atoms with Crippen LogP contribution in [-0.2, 0) is 13.6 Å². The Hall–Kier alpha value is -2.33. The normalized spacial score (nSPS) is 11.7. The molecule has 0 aliphatic carbocycles. The molecule has 0 unspecified atom stereocenters. The van der Waals surface area contributed by atoms with Gasteiger partial charge >= 0.3 is 0 Å². The van der Waals surface area contributed by atoms with Crippen LogP contribution in [0.4, 0.5) is 0 Å². The van der Waals surface area contributed by atoms with Crippen molar-refractivity contribution < 1.29 is 0 Å². The minimum atomic E-state index is 0.725. The second kappa shape index (κ2) is 5.10. The van der Waals surface area contributed by atoms with Crippen LogP contribution >= 0.6 is 11.6 Å². The van der Waals surface area contributed by atoms with Crippen LogP contribution in [0.2, 0.25) is 5.02 Å². The van der Waals surface area contributed by atoms with Crippen molar-refractivity contribution in [2.24, 2.45) is 7.05 Å². The summed E-state index contributed by atoms with van der Waals surface area (Å²) >= 11 is 6.41. The molecular formula is C18H17ClN4. The summed E-state index contributed by atoms with van der Waals surface area (Å²) in [5.74, 6) is 0. The molecule has 4 rings (SSSR count). The monoisotopic (exact) mass is 324 g/mol. The Morgan fingerprint density at radius 2 is 1.96 bits per heavy atom. The van der Waals surface area contributed by atoms with Crippen LogP contribution in [0, 0.1) is 6.92 Å². The molecule has 5 heteroatoms. The zero-order valence-electron chi connectivity index (χ0n) is 13.3. The second-order valence-electron chi connectivity index (χ2n) is 5.76. The molecular weight excluding hydrogens is 308 g/mol. The quantitative estimate of drug-likeness (QED) is 0.541. The molecule has 23 heavy (non-hydrogen) atoms. The Labute approximate surface area is 139 Å². The molecule has 116 valence electrons. The van der Waals surface area contributed by atoms with Crippen molar-refractivity contribution >= 4 is 33.4 Å². The fourth-order valence-electron chi connectivity index (χ4n) is 3.39. The Balaban J connectivity index is 2.24. The van der Waals surface area contributed by atoms with E-state index in [1.165, 1.54) is 16.4 Å². The highest BCUT2D eigenvalue weighted by molar-refractivity contribution is 6.32. The van der Waals surface area contributed by atoms with Gasteiger partial charge in [0.2, 0.25) is 0 Å². The highest BCUT2D eigenvalue weighted by atomic mass is 35.5. The summed E-state index contributed by atoms with van der Waals surface area (Å²) in [5.41, 5.74) is 5.36. The lowest BCUT2D eigenvalue weighted by atomic mass is 10.1. The molecule has 1 aromatic carbocycles. The van der Waals surface area contributed by atoms with Gasteiger partial charge in [0.15, 0.2) is 0 Å². The van der Waals surface area contributed by atoms with E-state index in [1.54, 1.807) is 0 Å². The highest BCUT2D eigenvalue weighted by Gasteiger charge is 2.18. The number of fused-ring (bicyclic) bond motifs is 3. The molecule has 0 saturated carbocycles. The zero-order chi connectivity index (χ0) is 16.1. The standard InChI is InChI=1S/C18H17ClN4/c1-4-23-17-11(2)20-7-5-13(17)14-9-12(19)10-15(18(14)23)16-6-8-22(3)21-16/h5-10H,4H2,1-3H3. The highest BCUT2D eigenvalue weighted by Crippen LogP contribution is 2.38. The third-order valence-electron chi connectivity index (χ3n) is 4.32. The minimum Gasteiger partial charge on any atom is -0.339 e. The fourth-order valence-corrected chi connectivity index (χ4v) is 3.61. The van der Waals surface area contributed by atoms with Crippen molar-refractivity contribution in [2.75, 3.05) is 0 Å². The Morgan fingerprint density at radius 1 is 1.13 bits per heavy atom. The summed E-state index contributed by atoms with van der Waals surface area (Å²) in [4.78, 5) is 4.47. The lowest BCUT2D eigenvalue weighted by Gasteiger charge is -2.08. The van der Waals surface area contributed by atoms with Gasteiger partial charge in [-0.05, 0) is 38.1 Å². The van der Waals surface area contributed by atoms with Crippen LogP contribution in [0.25, 0.3) is 33.1 Å². The van der Waals surface area contributed by atoms with Gasteiger partial charge in [0, 0.05) is 47.3 Å². The van der Waals surface area contributed by atoms with Crippen molar-refractivity contribution in [2.45, 2.75) is 20.4 Å². The smallest absolute Gasteiger partial charge is 0.0944 e. The van der Waals surface area contributed by atoms with Gasteiger partial charge in [-0.3, -0.25) is 9.67 Å². The Morgan fingerprint density at radius 3 is 2.65 bits per heavy atom. The lowest BCUT2D eigenvalue weighted by molar-refractivity contribution is 0.770. The molecule has 0 aliphatic rings. The average Bonchev–Trinajstić information content (AvgIpc) is 3.09. The number of pyridine rings is 1. The van der Waals surface area contributed by atoms with Crippen molar-refractivity contribution in [1.29, 1.82) is 0 Å². The molecule has 0 radical (unpaired) electrons. The zero-order valence-corrected chi connectivity index (χ0v) is 14.1. The molecule has 4 aromatic rings. The molecule has 0 N–H and O–H groups in total. The van der Waals surface area contributed by atoms with Crippen LogP contribution in [0.5, 0.6) is 0 Å². The number of hydrogen-bond donors (Lipinski definition) is 0. The third kappa shape index (κ3) is 2.05. The van der Waals surface area contributed by atoms with E-state index in [4.69, 9.17) is 11.6 Å². The first-order valence-corrected chi connectivity index (χ1v) is 8.05. The molecule has 0 bridgehead atoms. The van der Waals surface area contributed by atoms with E-state index >= 15 is 0 Å². The number of halogens is 1. The number of nitrogens with zero attached hydrogens (tertiary/aromatic N) is 4. The summed E-state index contributed by atoms with van der Waals surface area (Å²) in [6.45, 7) is 5.07. The SMILES string of the molecule is CCn1c2c(-c3ccn(C)n3)cc(Cl)cc2c2ccnc(C)c21. The number of aromatic nitrogens is 4. The molecule has 4 nitrogen and oxygen atoms in total. The van der Waals surface area contributed by atoms with E-state index in [1.807, 2.05) is 42.3 Å². The van der Waals surface area contributed by atoms with E-state index in [2.05, 4.69) is 34.6 Å². The molecule has 3 aromatic heterocycles. The maximum Gasteiger partial charge on any atom is 0.0944 e. The summed E-state index contributed by atoms with van der Waals surface area (Å²) < 4.78 is 4.13. The predicted molar refractivity (Wildman–Crippen MR) is 94.9 cm³/mol. The van der Waals surface area contributed by atoms with Crippen molar-refractivity contribution in [3.8, 4) is 11.3 Å². The van der Waals surface area contributed by atoms with Gasteiger partial charge in [0.25, 0.3) is 0 Å². The van der Waals surface area contributed by atoms with Gasteiger partial charge in [-0.2, -0.15) is 5.10 Å². The van der Waals surface area contributed by atoms with Crippen molar-refractivity contribution in [1.82, 2.24) is 19.3 Å². The maximum atomic E-state index is 6.41. The maximum absolute atomic E-state index is 6.41. The van der Waals surface area contributed by atoms with Gasteiger partial charge in [0.1, 0.15) is 0 Å². The first-order chi connectivity index (χ1) is 11.1. The molecule has 0 aliphatic heterocycles. The second-order valence-corrected chi connectivity index (χ2v) is 6.20. The Kier molecular flexibility index (Phi) is 3.16. The summed E-state index contributed by atoms with van der Waals surface area (Å²) in [7, 11) is 1.93. The van der Waals surface area contributed by atoms with E-state index in [0.717, 1.165) is 33.9 Å². The van der Waals surface area contributed by atoms with Crippen LogP contribution in [-0.4, -0.2) is 19.3 Å². The van der Waals surface area contributed by atoms with Gasteiger partial charge in [-0.1, -0.05) is 11.6 Å². The summed E-state index contributed by atoms with van der Waals surface area (Å²) in [6, 6.07) is 8.13. The summed E-state index contributed by atoms with van der Waals surface area (Å²) in [5, 5.41) is 7.64. The minimum absolute atomic E-state index is 0.725. The molecule has 0 amide bonds. The van der Waals surface area contributed by atoms with E-state index in [-0.39, 0.29) is 0 Å². The summed E-state index contributed by atoms with van der Waals surface area (Å²) in [6.07, 6.45) is 3.81. The lowest BCUT2D eigenvalue weighted by Crippen LogP contribution is -1.98. The van der Waals surface area contributed by atoms with Crippen LogP contribution in [0.1, 0.15) is 12.6 Å². The molecule has 0 saturated heterocycles. The Bertz CT molecular complexity index is 1040. The number of aryl methyl sites for hydroxylation is 3. The van der Waals surface area contributed by atoms with Gasteiger partial charge in [0.05, 0.1) is 22.4 Å². The number of benzene rings is 1. The molecule has 0 spiro atoms. The third-order valence-corrected chi connectivity index (χ3v) is 4.54. The van der Waals surface area contributed by atoms with Gasteiger partial charge < -0.3 is 4.57 Å². The molecule has 3 heterocycles. The topological polar surface area (TPSA) is 35.6 Å². The first-order valence-electron chi connectivity index (χ1n) is 7.67. The number of rotatable bonds is 2. The van der Waals surface area contributed by atoms with Crippen LogP contribution in [0.15, 0.2) is 36.7 Å². The number of hydrogen-bond acceptors (Lipinski definition) is 2. The van der Waals surface area contributed by atoms with Crippen molar-refractivity contribution in [3.63, 3.8) is 0 Å². The fraction of sp³-hybridized carbons (Fsp3) is 0.222. The predicted octanol–water partition coefficient (Wildman–Crippen LogP) is 4.57. The van der Waals surface area contributed by atoms with Gasteiger partial charge in [-0.25, -0.2) is 0 Å². The largest absolute Gasteiger partial charge is 0.339 e. The van der Waals surface area contributed by atoms with Crippen LogP contribution in [0.3, 0.4) is 0 Å². The van der Waals surface area contributed by atoms with E-state index < -0.39 is 0 Å². The van der Waals surface area contributed by atoms with Crippen LogP contribution < -0.4 is 0 Å². The molecule has 0 atom stereocenters. The van der Waals surface area contributed by atoms with Gasteiger partial charge in [-0.15, -0.1) is 0 Å². The average molecular weight is 325 g/mol. The van der Waals surface area contributed by atoms with E-state index in [0.29, 0.717) is 0 Å². The first kappa shape index (κ1) is 14.3. The molecule has 0 fully saturated rings.